The lowest BCUT2D eigenvalue weighted by Crippen LogP contribution is -2.01. The van der Waals surface area contributed by atoms with Crippen LogP contribution >= 0.6 is 0 Å². The number of aromatic nitrogens is 5. The second-order valence-corrected chi connectivity index (χ2v) is 16.9. The largest absolute Gasteiger partial charge is 0.309 e. The van der Waals surface area contributed by atoms with Crippen molar-refractivity contribution in [3.63, 3.8) is 0 Å². The fourth-order valence-electron chi connectivity index (χ4n) is 10.0. The van der Waals surface area contributed by atoms with Crippen molar-refractivity contribution in [3.05, 3.63) is 223 Å². The highest BCUT2D eigenvalue weighted by molar-refractivity contribution is 6.16. The molecular formula is C61H45N5. The molecule has 314 valence electrons. The van der Waals surface area contributed by atoms with Gasteiger partial charge in [-0.3, -0.25) is 0 Å². The van der Waals surface area contributed by atoms with Gasteiger partial charge in [0.15, 0.2) is 17.5 Å². The van der Waals surface area contributed by atoms with Crippen molar-refractivity contribution in [2.45, 2.75) is 26.7 Å². The van der Waals surface area contributed by atoms with Gasteiger partial charge in [-0.2, -0.15) is 0 Å². The van der Waals surface area contributed by atoms with Crippen LogP contribution in [-0.4, -0.2) is 24.1 Å². The third-order valence-corrected chi connectivity index (χ3v) is 13.1. The van der Waals surface area contributed by atoms with Gasteiger partial charge < -0.3 is 9.13 Å². The van der Waals surface area contributed by atoms with E-state index in [1.165, 1.54) is 66.0 Å². The highest BCUT2D eigenvalue weighted by Gasteiger charge is 2.21. The predicted octanol–water partition coefficient (Wildman–Crippen LogP) is 15.5. The van der Waals surface area contributed by atoms with Crippen molar-refractivity contribution >= 4 is 43.6 Å². The van der Waals surface area contributed by atoms with Crippen LogP contribution in [0.4, 0.5) is 0 Å². The Morgan fingerprint density at radius 1 is 0.318 bits per heavy atom. The fourth-order valence-corrected chi connectivity index (χ4v) is 10.0. The first-order valence-electron chi connectivity index (χ1n) is 22.9. The molecule has 0 radical (unpaired) electrons. The summed E-state index contributed by atoms with van der Waals surface area (Å²) in [5.41, 5.74) is 17.3. The molecule has 0 atom stereocenters. The molecule has 0 amide bonds. The van der Waals surface area contributed by atoms with Crippen LogP contribution in [0, 0.1) is 0 Å². The Labute approximate surface area is 384 Å². The van der Waals surface area contributed by atoms with Gasteiger partial charge >= 0.3 is 0 Å². The summed E-state index contributed by atoms with van der Waals surface area (Å²) in [6.45, 7) is 4.52. The van der Waals surface area contributed by atoms with Gasteiger partial charge in [-0.05, 0) is 95.3 Å². The maximum atomic E-state index is 5.12. The summed E-state index contributed by atoms with van der Waals surface area (Å²) in [5.74, 6) is 1.91. The third kappa shape index (κ3) is 6.59. The smallest absolute Gasteiger partial charge is 0.164 e. The summed E-state index contributed by atoms with van der Waals surface area (Å²) in [6.07, 6.45) is 1.86. The Bertz CT molecular complexity index is 3710. The number of aryl methyl sites for hydroxylation is 2. The zero-order chi connectivity index (χ0) is 44.1. The molecule has 12 aromatic rings. The van der Waals surface area contributed by atoms with Gasteiger partial charge in [0.05, 0.1) is 22.1 Å². The summed E-state index contributed by atoms with van der Waals surface area (Å²) in [6, 6.07) is 76.1. The van der Waals surface area contributed by atoms with E-state index < -0.39 is 0 Å². The Hall–Kier alpha value is -8.41. The van der Waals surface area contributed by atoms with Gasteiger partial charge in [-0.15, -0.1) is 0 Å². The van der Waals surface area contributed by atoms with Crippen molar-refractivity contribution in [2.75, 3.05) is 0 Å². The standard InChI is InChI=1S/C61H45N5/c1-3-40-20-14-15-29-48(40)52-39-54-53-37-44(49-31-19-32-51-50-30-16-17-33-55(50)66(58(49)51)46-26-12-7-13-27-46)34-35-56(53)65(57(54)38-41(52)4-2)47-28-18-25-45(36-47)61-63-59(42-21-8-5-9-22-42)62-60(64-61)43-23-10-6-11-24-43/h5-39H,3-4H2,1-2H3. The molecule has 5 heteroatoms. The average molecular weight is 848 g/mol. The maximum absolute atomic E-state index is 5.12. The molecule has 3 heterocycles. The van der Waals surface area contributed by atoms with Gasteiger partial charge in [0, 0.05) is 55.2 Å². The van der Waals surface area contributed by atoms with Crippen LogP contribution < -0.4 is 0 Å². The van der Waals surface area contributed by atoms with E-state index in [1.807, 2.05) is 36.4 Å². The predicted molar refractivity (Wildman–Crippen MR) is 274 cm³/mol. The summed E-state index contributed by atoms with van der Waals surface area (Å²) < 4.78 is 4.87. The summed E-state index contributed by atoms with van der Waals surface area (Å²) in [5, 5.41) is 4.89. The number of fused-ring (bicyclic) bond motifs is 6. The number of hydrogen-bond acceptors (Lipinski definition) is 3. The van der Waals surface area contributed by atoms with Crippen LogP contribution in [0.3, 0.4) is 0 Å². The molecule has 0 saturated carbocycles. The van der Waals surface area contributed by atoms with E-state index in [1.54, 1.807) is 0 Å². The van der Waals surface area contributed by atoms with Gasteiger partial charge in [0.25, 0.3) is 0 Å². The molecular weight excluding hydrogens is 803 g/mol. The number of rotatable bonds is 9. The summed E-state index contributed by atoms with van der Waals surface area (Å²) in [4.78, 5) is 15.2. The van der Waals surface area contributed by atoms with E-state index >= 15 is 0 Å². The van der Waals surface area contributed by atoms with E-state index in [2.05, 4.69) is 199 Å². The van der Waals surface area contributed by atoms with Crippen LogP contribution in [0.15, 0.2) is 212 Å². The average Bonchev–Trinajstić information content (AvgIpc) is 3.91. The second kappa shape index (κ2) is 16.3. The van der Waals surface area contributed by atoms with Crippen LogP contribution in [0.1, 0.15) is 25.0 Å². The van der Waals surface area contributed by atoms with Crippen LogP contribution in [0.5, 0.6) is 0 Å². The molecule has 0 fully saturated rings. The molecule has 9 aromatic carbocycles. The van der Waals surface area contributed by atoms with Crippen molar-refractivity contribution in [2.24, 2.45) is 0 Å². The van der Waals surface area contributed by atoms with Crippen LogP contribution in [0.2, 0.25) is 0 Å². The van der Waals surface area contributed by atoms with E-state index in [0.29, 0.717) is 17.5 Å². The Morgan fingerprint density at radius 3 is 1.59 bits per heavy atom. The minimum atomic E-state index is 0.627. The van der Waals surface area contributed by atoms with Gasteiger partial charge in [-0.1, -0.05) is 172 Å². The van der Waals surface area contributed by atoms with E-state index in [9.17, 15) is 0 Å². The molecule has 0 aliphatic rings. The zero-order valence-electron chi connectivity index (χ0n) is 36.9. The van der Waals surface area contributed by atoms with Crippen molar-refractivity contribution in [3.8, 4) is 67.8 Å². The van der Waals surface area contributed by atoms with Crippen LogP contribution in [-0.2, 0) is 12.8 Å². The molecule has 0 aliphatic heterocycles. The summed E-state index contributed by atoms with van der Waals surface area (Å²) in [7, 11) is 0. The molecule has 0 bridgehead atoms. The topological polar surface area (TPSA) is 48.5 Å². The van der Waals surface area contributed by atoms with Gasteiger partial charge in [0.1, 0.15) is 0 Å². The minimum Gasteiger partial charge on any atom is -0.309 e. The normalized spacial score (nSPS) is 11.6. The molecule has 0 saturated heterocycles. The number of benzene rings is 9. The van der Waals surface area contributed by atoms with Crippen LogP contribution in [0.25, 0.3) is 111 Å². The van der Waals surface area contributed by atoms with Gasteiger partial charge in [-0.25, -0.2) is 15.0 Å². The molecule has 0 unspecified atom stereocenters. The third-order valence-electron chi connectivity index (χ3n) is 13.1. The number of para-hydroxylation sites is 3. The fraction of sp³-hybridized carbons (Fsp3) is 0.0656. The van der Waals surface area contributed by atoms with E-state index in [4.69, 9.17) is 15.0 Å². The lowest BCUT2D eigenvalue weighted by atomic mass is 9.91. The van der Waals surface area contributed by atoms with Gasteiger partial charge in [0.2, 0.25) is 0 Å². The maximum Gasteiger partial charge on any atom is 0.164 e. The molecule has 66 heavy (non-hydrogen) atoms. The molecule has 0 aliphatic carbocycles. The van der Waals surface area contributed by atoms with E-state index in [-0.39, 0.29) is 0 Å². The first-order valence-corrected chi connectivity index (χ1v) is 22.9. The van der Waals surface area contributed by atoms with E-state index in [0.717, 1.165) is 51.9 Å². The lowest BCUT2D eigenvalue weighted by molar-refractivity contribution is 1.07. The molecule has 0 N–H and O–H groups in total. The molecule has 3 aromatic heterocycles. The number of hydrogen-bond donors (Lipinski definition) is 0. The SMILES string of the molecule is CCc1ccccc1-c1cc2c3cc(-c4cccc5c6ccccc6n(-c6ccccc6)c45)ccc3n(-c3cccc(-c4nc(-c5ccccc5)nc(-c5ccccc5)n4)c3)c2cc1CC. The van der Waals surface area contributed by atoms with Crippen molar-refractivity contribution in [1.29, 1.82) is 0 Å². The summed E-state index contributed by atoms with van der Waals surface area (Å²) >= 11 is 0. The monoisotopic (exact) mass is 847 g/mol. The molecule has 12 rings (SSSR count). The van der Waals surface area contributed by atoms with Crippen molar-refractivity contribution in [1.82, 2.24) is 24.1 Å². The Balaban J connectivity index is 1.11. The molecule has 0 spiro atoms. The minimum absolute atomic E-state index is 0.627. The quantitative estimate of drug-likeness (QED) is 0.145. The first-order chi connectivity index (χ1) is 32.6. The molecule has 5 nitrogen and oxygen atoms in total. The lowest BCUT2D eigenvalue weighted by Gasteiger charge is -2.15. The van der Waals surface area contributed by atoms with Crippen molar-refractivity contribution < 1.29 is 0 Å². The highest BCUT2D eigenvalue weighted by Crippen LogP contribution is 2.43. The zero-order valence-corrected chi connectivity index (χ0v) is 36.9. The Morgan fingerprint density at radius 2 is 0.864 bits per heavy atom. The number of nitrogens with zero attached hydrogens (tertiary/aromatic N) is 5. The second-order valence-electron chi connectivity index (χ2n) is 16.9. The first kappa shape index (κ1) is 39.2. The highest BCUT2D eigenvalue weighted by atomic mass is 15.0. The Kier molecular flexibility index (Phi) is 9.68.